The lowest BCUT2D eigenvalue weighted by atomic mass is 9.97. The highest BCUT2D eigenvalue weighted by Gasteiger charge is 2.50. The Balaban J connectivity index is 1.41. The smallest absolute Gasteiger partial charge is 0.302 e. The highest BCUT2D eigenvalue weighted by Crippen LogP contribution is 2.38. The largest absolute Gasteiger partial charge is 0.508 e. The minimum Gasteiger partial charge on any atom is -0.508 e. The number of carbonyl (C=O) groups is 1. The first-order valence-corrected chi connectivity index (χ1v) is 13.8. The Labute approximate surface area is 253 Å². The van der Waals surface area contributed by atoms with Gasteiger partial charge < -0.3 is 69.0 Å². The van der Waals surface area contributed by atoms with Crippen LogP contribution in [0.15, 0.2) is 45.6 Å². The molecule has 2 aliphatic rings. The first-order valence-electron chi connectivity index (χ1n) is 13.8. The van der Waals surface area contributed by atoms with Crippen molar-refractivity contribution in [1.29, 1.82) is 0 Å². The molecule has 16 nitrogen and oxygen atoms in total. The Kier molecular flexibility index (Phi) is 9.20. The van der Waals surface area contributed by atoms with Gasteiger partial charge in [-0.05, 0) is 31.2 Å². The molecule has 8 N–H and O–H groups in total. The monoisotopic (exact) mass is 636 g/mol. The summed E-state index contributed by atoms with van der Waals surface area (Å²) in [6.45, 7) is 2.05. The number of phenols is 3. The van der Waals surface area contributed by atoms with Crippen molar-refractivity contribution >= 4 is 16.9 Å². The van der Waals surface area contributed by atoms with E-state index < -0.39 is 96.7 Å². The van der Waals surface area contributed by atoms with Crippen molar-refractivity contribution in [3.05, 3.63) is 46.6 Å². The number of rotatable bonds is 7. The molecule has 3 heterocycles. The Morgan fingerprint density at radius 2 is 1.51 bits per heavy atom. The number of hydrogen-bond acceptors (Lipinski definition) is 16. The van der Waals surface area contributed by atoms with Crippen LogP contribution in [-0.2, 0) is 23.7 Å². The number of phenolic OH excluding ortho intramolecular Hbond substituents is 3. The van der Waals surface area contributed by atoms with E-state index in [9.17, 15) is 50.4 Å². The van der Waals surface area contributed by atoms with Gasteiger partial charge in [0.25, 0.3) is 0 Å². The molecule has 0 spiro atoms. The van der Waals surface area contributed by atoms with Gasteiger partial charge in [-0.3, -0.25) is 9.59 Å². The van der Waals surface area contributed by atoms with E-state index >= 15 is 0 Å². The van der Waals surface area contributed by atoms with Crippen molar-refractivity contribution in [1.82, 2.24) is 0 Å². The summed E-state index contributed by atoms with van der Waals surface area (Å²) in [5.74, 6) is -2.58. The molecule has 0 radical (unpaired) electrons. The predicted molar refractivity (Wildman–Crippen MR) is 148 cm³/mol. The van der Waals surface area contributed by atoms with Crippen LogP contribution in [0.5, 0.6) is 23.0 Å². The molecular formula is C29H32O16. The molecule has 2 aromatic carbocycles. The van der Waals surface area contributed by atoms with Crippen molar-refractivity contribution < 1.29 is 73.7 Å². The van der Waals surface area contributed by atoms with Gasteiger partial charge in [0.05, 0.1) is 6.10 Å². The van der Waals surface area contributed by atoms with Crippen molar-refractivity contribution in [2.45, 2.75) is 75.3 Å². The van der Waals surface area contributed by atoms with Gasteiger partial charge >= 0.3 is 5.97 Å². The normalized spacial score (nSPS) is 31.9. The van der Waals surface area contributed by atoms with Gasteiger partial charge in [0.2, 0.25) is 17.5 Å². The van der Waals surface area contributed by atoms with Gasteiger partial charge in [-0.1, -0.05) is 0 Å². The van der Waals surface area contributed by atoms with E-state index in [2.05, 4.69) is 0 Å². The Hall–Kier alpha value is -4.00. The molecule has 2 fully saturated rings. The van der Waals surface area contributed by atoms with Crippen LogP contribution < -0.4 is 10.2 Å². The highest BCUT2D eigenvalue weighted by molar-refractivity contribution is 5.88. The molecule has 10 atom stereocenters. The van der Waals surface area contributed by atoms with E-state index in [-0.39, 0.29) is 28.0 Å². The van der Waals surface area contributed by atoms with Crippen molar-refractivity contribution in [2.24, 2.45) is 0 Å². The standard InChI is InChI=1S/C29H32O16/c1-10-25(44-29-23(38)21(36)19(34)17(43-29)9-40-11(2)30)22(37)24(39)28(41-10)45-27-20(35)18-15(33)7-14(32)8-16(18)42-26(27)12-3-5-13(31)6-4-12/h3-8,10,17,19,21-25,28-29,31-34,36-39H,9H2,1-2H3/t10-,17+,19+,21-,22-,23+,24+,25-,28-,29-/m0/s1. The topological polar surface area (TPSA) is 255 Å². The van der Waals surface area contributed by atoms with Crippen LogP contribution in [-0.4, -0.2) is 115 Å². The number of aromatic hydroxyl groups is 3. The molecule has 2 saturated heterocycles. The molecule has 5 rings (SSSR count). The van der Waals surface area contributed by atoms with Gasteiger partial charge in [0, 0.05) is 24.6 Å². The molecule has 3 aromatic rings. The number of ether oxygens (including phenoxy) is 5. The molecule has 1 aromatic heterocycles. The number of carbonyl (C=O) groups excluding carboxylic acids is 1. The lowest BCUT2D eigenvalue weighted by Gasteiger charge is -2.45. The molecule has 0 bridgehead atoms. The zero-order chi connectivity index (χ0) is 32.7. The Morgan fingerprint density at radius 3 is 2.18 bits per heavy atom. The van der Waals surface area contributed by atoms with Crippen LogP contribution in [0.4, 0.5) is 0 Å². The summed E-state index contributed by atoms with van der Waals surface area (Å²) in [7, 11) is 0. The van der Waals surface area contributed by atoms with Crippen LogP contribution in [0.1, 0.15) is 13.8 Å². The first-order chi connectivity index (χ1) is 21.3. The second kappa shape index (κ2) is 12.8. The van der Waals surface area contributed by atoms with Gasteiger partial charge in [-0.2, -0.15) is 0 Å². The van der Waals surface area contributed by atoms with Gasteiger partial charge in [-0.15, -0.1) is 0 Å². The molecule has 0 saturated carbocycles. The summed E-state index contributed by atoms with van der Waals surface area (Å²) in [4.78, 5) is 24.8. The third kappa shape index (κ3) is 6.40. The molecule has 0 unspecified atom stereocenters. The molecule has 0 amide bonds. The second-order valence-corrected chi connectivity index (χ2v) is 10.7. The molecule has 244 valence electrons. The molecule has 45 heavy (non-hydrogen) atoms. The molecular weight excluding hydrogens is 604 g/mol. The summed E-state index contributed by atoms with van der Waals surface area (Å²) < 4.78 is 33.3. The average molecular weight is 637 g/mol. The lowest BCUT2D eigenvalue weighted by molar-refractivity contribution is -0.349. The first kappa shape index (κ1) is 32.4. The van der Waals surface area contributed by atoms with E-state index in [0.29, 0.717) is 0 Å². The third-order valence-electron chi connectivity index (χ3n) is 7.47. The summed E-state index contributed by atoms with van der Waals surface area (Å²) in [6, 6.07) is 7.40. The van der Waals surface area contributed by atoms with Crippen LogP contribution in [0, 0.1) is 0 Å². The zero-order valence-electron chi connectivity index (χ0n) is 23.8. The maximum Gasteiger partial charge on any atom is 0.302 e. The Bertz CT molecular complexity index is 1590. The number of aliphatic hydroxyl groups is 5. The number of fused-ring (bicyclic) bond motifs is 1. The quantitative estimate of drug-likeness (QED) is 0.147. The van der Waals surface area contributed by atoms with E-state index in [4.69, 9.17) is 28.1 Å². The number of benzene rings is 2. The van der Waals surface area contributed by atoms with Crippen LogP contribution in [0.2, 0.25) is 0 Å². The average Bonchev–Trinajstić information content (AvgIpc) is 2.98. The molecule has 16 heteroatoms. The fourth-order valence-corrected chi connectivity index (χ4v) is 5.11. The maximum absolute atomic E-state index is 13.6. The van der Waals surface area contributed by atoms with Crippen molar-refractivity contribution in [2.75, 3.05) is 6.61 Å². The maximum atomic E-state index is 13.6. The van der Waals surface area contributed by atoms with Gasteiger partial charge in [0.1, 0.15) is 77.6 Å². The minimum absolute atomic E-state index is 0.0968. The predicted octanol–water partition coefficient (Wildman–Crippen LogP) is -0.822. The fraction of sp³-hybridized carbons (Fsp3) is 0.448. The van der Waals surface area contributed by atoms with Gasteiger partial charge in [-0.25, -0.2) is 0 Å². The van der Waals surface area contributed by atoms with Crippen molar-refractivity contribution in [3.8, 4) is 34.3 Å². The molecule has 0 aliphatic carbocycles. The van der Waals surface area contributed by atoms with Crippen LogP contribution in [0.25, 0.3) is 22.3 Å². The van der Waals surface area contributed by atoms with E-state index in [1.54, 1.807) is 0 Å². The van der Waals surface area contributed by atoms with E-state index in [1.807, 2.05) is 0 Å². The van der Waals surface area contributed by atoms with Crippen LogP contribution in [0.3, 0.4) is 0 Å². The van der Waals surface area contributed by atoms with E-state index in [0.717, 1.165) is 19.1 Å². The minimum atomic E-state index is -1.91. The zero-order valence-corrected chi connectivity index (χ0v) is 23.8. The summed E-state index contributed by atoms with van der Waals surface area (Å²) >= 11 is 0. The summed E-state index contributed by atoms with van der Waals surface area (Å²) in [6.07, 6.45) is -16.2. The number of esters is 1. The number of aliphatic hydroxyl groups excluding tert-OH is 5. The Morgan fingerprint density at radius 1 is 0.844 bits per heavy atom. The third-order valence-corrected chi connectivity index (χ3v) is 7.47. The van der Waals surface area contributed by atoms with Crippen molar-refractivity contribution in [3.63, 3.8) is 0 Å². The number of hydrogen-bond donors (Lipinski definition) is 8. The highest BCUT2D eigenvalue weighted by atomic mass is 16.7. The fourth-order valence-electron chi connectivity index (χ4n) is 5.11. The second-order valence-electron chi connectivity index (χ2n) is 10.7. The van der Waals surface area contributed by atoms with Gasteiger partial charge in [0.15, 0.2) is 12.1 Å². The van der Waals surface area contributed by atoms with E-state index in [1.165, 1.54) is 31.2 Å². The SMILES string of the molecule is CC(=O)OC[C@H]1O[C@@H](O[C@@H]2[C@@H](O)[C@@H](O)[C@H](Oc3c(-c4ccc(O)cc4)oc4cc(O)cc(O)c4c3=O)O[C@H]2C)[C@H](O)[C@@H](O)[C@@H]1O. The van der Waals surface area contributed by atoms with Crippen LogP contribution >= 0.6 is 0 Å². The lowest BCUT2D eigenvalue weighted by Crippen LogP contribution is -2.64. The molecule has 2 aliphatic heterocycles. The summed E-state index contributed by atoms with van der Waals surface area (Å²) in [5, 5.41) is 82.6. The summed E-state index contributed by atoms with van der Waals surface area (Å²) in [5.41, 5.74) is -0.902.